The third kappa shape index (κ3) is 35.4. The fourth-order valence-corrected chi connectivity index (χ4v) is 23.2. The maximum absolute atomic E-state index is 12.5. The molecular formula is C99H148Br2O14P2. The molecule has 13 atom stereocenters. The van der Waals surface area contributed by atoms with Crippen LogP contribution in [0.3, 0.4) is 0 Å². The first-order valence-electron chi connectivity index (χ1n) is 50.4. The van der Waals surface area contributed by atoms with Crippen molar-refractivity contribution in [1.82, 2.24) is 0 Å². The summed E-state index contributed by atoms with van der Waals surface area (Å²) in [5.74, 6) is 17.4. The summed E-state index contributed by atoms with van der Waals surface area (Å²) in [6.07, 6.45) is -7.88. The van der Waals surface area contributed by atoms with E-state index in [1.807, 2.05) is 60.7 Å². The van der Waals surface area contributed by atoms with Crippen LogP contribution >= 0.6 is 44.3 Å². The predicted molar refractivity (Wildman–Crippen MR) is 493 cm³/mol. The van der Waals surface area contributed by atoms with Crippen molar-refractivity contribution in [3.05, 3.63) is 115 Å². The second kappa shape index (κ2) is 53.8. The maximum atomic E-state index is 12.5. The zero-order chi connectivity index (χ0) is 105. The minimum atomic E-state index is -3.44. The van der Waals surface area contributed by atoms with Crippen LogP contribution in [0, 0.1) is 129 Å². The Labute approximate surface area is 752 Å². The Morgan fingerprint density at radius 2 is 0.991 bits per heavy atom. The van der Waals surface area contributed by atoms with Gasteiger partial charge >= 0.3 is 173 Å². The van der Waals surface area contributed by atoms with Gasteiger partial charge in [-0.25, -0.2) is 0 Å². The van der Waals surface area contributed by atoms with E-state index in [2.05, 4.69) is 172 Å². The molecule has 0 bridgehead atoms. The summed E-state index contributed by atoms with van der Waals surface area (Å²) >= 11 is 7.29. The zero-order valence-electron chi connectivity index (χ0n) is 92.9. The number of hydrogen-bond acceptors (Lipinski definition) is 14. The molecule has 117 heavy (non-hydrogen) atoms. The van der Waals surface area contributed by atoms with Gasteiger partial charge in [0.05, 0.1) is 32.5 Å². The van der Waals surface area contributed by atoms with Crippen LogP contribution in [0.5, 0.6) is 0 Å². The van der Waals surface area contributed by atoms with Gasteiger partial charge in [-0.05, 0) is 146 Å². The monoisotopic (exact) mass is 1800 g/mol. The second-order valence-electron chi connectivity index (χ2n) is 32.1. The first kappa shape index (κ1) is 76.9. The normalized spacial score (nSPS) is 26.6. The number of rotatable bonds is 31. The molecule has 2 spiro atoms. The Bertz CT molecular complexity index is 4670. The predicted octanol–water partition coefficient (Wildman–Crippen LogP) is 21.6. The molecule has 2 saturated heterocycles. The fourth-order valence-electron chi connectivity index (χ4n) is 14.7. The summed E-state index contributed by atoms with van der Waals surface area (Å²) in [5.41, 5.74) is 0.148. The van der Waals surface area contributed by atoms with Gasteiger partial charge in [-0.2, -0.15) is 0 Å². The quantitative estimate of drug-likeness (QED) is 0.0203. The van der Waals surface area contributed by atoms with E-state index in [0.29, 0.717) is 58.8 Å². The number of halogens is 2. The van der Waals surface area contributed by atoms with Crippen LogP contribution in [-0.2, 0) is 56.5 Å². The Kier molecular flexibility index (Phi) is 35.4. The molecule has 0 amide bonds. The van der Waals surface area contributed by atoms with Gasteiger partial charge in [0.15, 0.2) is 17.4 Å². The van der Waals surface area contributed by atoms with Gasteiger partial charge in [-0.1, -0.05) is 103 Å². The standard InChI is InChI=1S/C23H26BrP.C23H36O3.C23H34O3.C10H17O4P.C8H12O.C6H11BrO.C6H12O2/c1-2-3-13-20-25(24,21-14-7-4-8-15-21,22-16-9-5-10-17-22)23-18-11-6-12-19-23;2*1-6-7-8-16(2)21(24)10-9-19-17(3)11-18-12-23(13-20(18)19)25-14-22(4,5)15-26-23;1-5-6-7-9(2)10(11)8-15(12,13-3)14-4;1-4-5-6-7(2)8(3)9;2*1-6(8)4-2-3-5-7/h4-12,14-19H,2-3,13,20H2,1H3;9-10,16-21,24H,8,11-15H2,1-5H3;9-10,16-20H,8,11-15H2,1-5H3;9H,7-8H2,1-4H3;7H,6H2,1-3H3;2-5H2,1H3;7H,2-5H2,1H3/b;2*10-9+;;;;/t;16?,17-,18-,19+,20+,21-;16?,17-,18-,19+,20+;;;;/m.11..../s1/i2D2,3D2;2*8D2;7D2;6D2;2*2D2,4D2. The number of fused-ring (bicyclic) bond motifs is 2. The molecule has 14 nitrogen and oxygen atoms in total. The molecule has 6 aliphatic rings. The average Bonchev–Trinajstić information content (AvgIpc) is 1.52. The van der Waals surface area contributed by atoms with Gasteiger partial charge in [0, 0.05) is 141 Å². The van der Waals surface area contributed by atoms with E-state index in [1.165, 1.54) is 41.9 Å². The summed E-state index contributed by atoms with van der Waals surface area (Å²) in [6, 6.07) is 30.6. The van der Waals surface area contributed by atoms with Crippen molar-refractivity contribution >= 4 is 89.2 Å². The number of Topliss-reactive ketones (excluding diaryl/α,β-unsaturated/α-hetero) is 4. The first-order valence-corrected chi connectivity index (χ1v) is 47.7. The molecule has 2 N–H and O–H groups in total. The van der Waals surface area contributed by atoms with Gasteiger partial charge < -0.3 is 47.8 Å². The molecule has 652 valence electrons. The van der Waals surface area contributed by atoms with Crippen LogP contribution in [-0.4, -0.2) is 122 Å². The van der Waals surface area contributed by atoms with Gasteiger partial charge in [-0.15, -0.1) is 47.4 Å². The molecule has 4 aliphatic carbocycles. The molecule has 2 aliphatic heterocycles. The molecule has 2 heterocycles. The molecule has 0 radical (unpaired) electrons. The van der Waals surface area contributed by atoms with Crippen LogP contribution < -0.4 is 15.9 Å². The number of ketones is 5. The smallest absolute Gasteiger partial charge is 0.129 e. The number of carbonyl (C=O) groups is 5. The Balaban J connectivity index is 0.000000426. The molecule has 0 aromatic heterocycles. The van der Waals surface area contributed by atoms with Crippen molar-refractivity contribution in [2.45, 2.75) is 264 Å². The summed E-state index contributed by atoms with van der Waals surface area (Å²) in [7, 11) is -1.08. The zero-order valence-corrected chi connectivity index (χ0v) is 77.9. The van der Waals surface area contributed by atoms with E-state index in [0.717, 1.165) is 94.7 Å². The molecular weight excluding hydrogens is 1630 g/mol. The van der Waals surface area contributed by atoms with Crippen LogP contribution in [0.15, 0.2) is 115 Å². The SMILES string of the molecule is [2H]C([2H])(C#CC)C(C)C(=O)/C=C/[C@@H]1[C@H]2CC3(C[C@H]2C[C@H]1C)OCC(C)(C)CO3.[2H]C([2H])(C#CC)C(C)C(=O)CP(=O)(OC)OC.[2H]C([2H])(C#CC)C(C)C(C)=O.[2H]C([2H])(C#CC)C(C)[C@H](O)/C=C/[C@@H]1[C@H]2CC3(C[C@H]2C[C@H]1C)OCC(C)(C)CO3.[2H]C([2H])(C)C([2H])([2H])CCP(Br)(c1ccccc1)(c1ccccc1)c1ccccc1.[2H]C([2H])(CCBr)C([2H])([2H])C(C)=O.[2H]C([2H])(CCO)C([2H])([2H])C(C)=O. The average molecular weight is 1800 g/mol. The van der Waals surface area contributed by atoms with Gasteiger partial charge in [0.25, 0.3) is 0 Å². The molecule has 4 unspecified atom stereocenters. The fraction of sp³-hybridized carbons (Fsp3) is 0.646. The first-order chi connectivity index (χ1) is 62.7. The van der Waals surface area contributed by atoms with E-state index in [9.17, 15) is 33.6 Å². The van der Waals surface area contributed by atoms with Crippen molar-refractivity contribution in [2.24, 2.45) is 81.8 Å². The number of hydrogen-bond donors (Lipinski definition) is 2. The summed E-state index contributed by atoms with van der Waals surface area (Å²) in [6.45, 7) is 33.0. The van der Waals surface area contributed by atoms with Gasteiger partial charge in [0.2, 0.25) is 0 Å². The molecule has 4 saturated carbocycles. The van der Waals surface area contributed by atoms with Crippen molar-refractivity contribution in [1.29, 1.82) is 0 Å². The molecule has 3 aromatic rings. The van der Waals surface area contributed by atoms with Crippen LogP contribution in [0.1, 0.15) is 274 Å². The Morgan fingerprint density at radius 3 is 1.37 bits per heavy atom. The largest absolute Gasteiger partial charge is 0.396 e. The molecule has 3 aromatic carbocycles. The third-order valence-corrected chi connectivity index (χ3v) is 33.5. The minimum Gasteiger partial charge on any atom is -0.396 e. The maximum Gasteiger partial charge on any atom is 0.129 e. The number of carbonyl (C=O) groups excluding carboxylic acids is 5. The number of alkyl halides is 1. The summed E-state index contributed by atoms with van der Waals surface area (Å²) < 4.78 is 198. The van der Waals surface area contributed by atoms with Crippen molar-refractivity contribution in [3.8, 4) is 47.4 Å². The van der Waals surface area contributed by atoms with E-state index >= 15 is 0 Å². The Hall–Kier alpha value is -4.97. The van der Waals surface area contributed by atoms with E-state index in [4.69, 9.17) is 51.5 Å². The number of aliphatic hydroxyl groups is 2. The number of benzene rings is 3. The van der Waals surface area contributed by atoms with Gasteiger partial charge in [-0.3, -0.25) is 18.9 Å². The van der Waals surface area contributed by atoms with Crippen molar-refractivity contribution in [3.63, 3.8) is 0 Å². The van der Waals surface area contributed by atoms with E-state index in [-0.39, 0.29) is 41.7 Å². The van der Waals surface area contributed by atoms with E-state index < -0.39 is 148 Å². The molecule has 9 rings (SSSR count). The minimum absolute atomic E-state index is 0.0143. The topological polar surface area (TPSA) is 198 Å². The van der Waals surface area contributed by atoms with Crippen molar-refractivity contribution < 1.29 is 94.2 Å². The number of aliphatic hydroxyl groups excluding tert-OH is 2. The van der Waals surface area contributed by atoms with Crippen LogP contribution in [0.4, 0.5) is 0 Å². The Morgan fingerprint density at radius 1 is 0.598 bits per heavy atom. The number of ether oxygens (including phenoxy) is 4. The van der Waals surface area contributed by atoms with E-state index in [1.54, 1.807) is 53.7 Å². The summed E-state index contributed by atoms with van der Waals surface area (Å²) in [5, 5.41) is 19.4. The van der Waals surface area contributed by atoms with Crippen molar-refractivity contribution in [2.75, 3.05) is 64.9 Å². The number of allylic oxidation sites excluding steroid dienone is 3. The van der Waals surface area contributed by atoms with Gasteiger partial charge in [0.1, 0.15) is 29.3 Å². The second-order valence-corrected chi connectivity index (χ2v) is 44.3. The van der Waals surface area contributed by atoms with Crippen LogP contribution in [0.2, 0.25) is 0 Å². The molecule has 6 fully saturated rings. The summed E-state index contributed by atoms with van der Waals surface area (Å²) in [4.78, 5) is 56.5. The third-order valence-electron chi connectivity index (χ3n) is 21.3. The molecule has 18 heteroatoms. The van der Waals surface area contributed by atoms with Crippen LogP contribution in [0.25, 0.3) is 0 Å².